The van der Waals surface area contributed by atoms with E-state index in [1.54, 1.807) is 0 Å². The van der Waals surface area contributed by atoms with Crippen LogP contribution in [0.15, 0.2) is 273 Å². The Labute approximate surface area is 415 Å². The topological polar surface area (TPSA) is 32.3 Å². The second kappa shape index (κ2) is 17.1. The lowest BCUT2D eigenvalue weighted by Crippen LogP contribution is -2.37. The van der Waals surface area contributed by atoms with Gasteiger partial charge in [-0.05, 0) is 106 Å². The molecule has 1 aromatic heterocycles. The molecule has 0 amide bonds. The number of rotatable bonds is 8. The van der Waals surface area contributed by atoms with Gasteiger partial charge in [0.2, 0.25) is 0 Å². The number of para-hydroxylation sites is 4. The Kier molecular flexibility index (Phi) is 10.1. The van der Waals surface area contributed by atoms with Gasteiger partial charge in [-0.3, -0.25) is 0 Å². The van der Waals surface area contributed by atoms with E-state index in [9.17, 15) is 0 Å². The van der Waals surface area contributed by atoms with Crippen molar-refractivity contribution in [3.8, 4) is 22.5 Å². The Balaban J connectivity index is 0.859. The van der Waals surface area contributed by atoms with Crippen molar-refractivity contribution in [2.45, 2.75) is 17.8 Å². The van der Waals surface area contributed by atoms with Crippen LogP contribution in [0.2, 0.25) is 0 Å². The first-order valence-electron chi connectivity index (χ1n) is 24.4. The maximum atomic E-state index is 5.00. The van der Waals surface area contributed by atoms with Crippen molar-refractivity contribution in [2.24, 2.45) is 0 Å². The van der Waals surface area contributed by atoms with Gasteiger partial charge in [0.25, 0.3) is 0 Å². The molecule has 0 bridgehead atoms. The highest BCUT2D eigenvalue weighted by atomic mass is 15.2. The normalized spacial score (nSPS) is 13.9. The van der Waals surface area contributed by atoms with Crippen LogP contribution in [-0.4, -0.2) is 9.97 Å². The van der Waals surface area contributed by atoms with Gasteiger partial charge in [-0.25, -0.2) is 9.97 Å². The molecule has 71 heavy (non-hydrogen) atoms. The average Bonchev–Trinajstić information content (AvgIpc) is 3.45. The van der Waals surface area contributed by atoms with Crippen molar-refractivity contribution < 1.29 is 0 Å². The highest BCUT2D eigenvalue weighted by Gasteiger charge is 2.47. The second-order valence-electron chi connectivity index (χ2n) is 18.5. The van der Waals surface area contributed by atoms with E-state index in [0.29, 0.717) is 0 Å². The molecule has 0 atom stereocenters. The molecule has 0 N–H and O–H groups in total. The Morgan fingerprint density at radius 3 is 0.817 bits per heavy atom. The SMILES string of the molecule is Cc1nc(-c2ccc(N3c4ccccc4C(c4ccccc4)(c4ccccc4)c4ccccc43)cc2)cc(-c2ccc(N3c4ccccc4C(c4ccccc4)(c4ccccc4)c4ccccc43)cc2)n1. The molecule has 0 saturated heterocycles. The summed E-state index contributed by atoms with van der Waals surface area (Å²) in [5.41, 5.74) is 19.5. The zero-order chi connectivity index (χ0) is 47.4. The summed E-state index contributed by atoms with van der Waals surface area (Å²) in [6.07, 6.45) is 0. The zero-order valence-electron chi connectivity index (χ0n) is 39.3. The molecule has 4 nitrogen and oxygen atoms in total. The molecule has 0 aliphatic carbocycles. The summed E-state index contributed by atoms with van der Waals surface area (Å²) < 4.78 is 0. The van der Waals surface area contributed by atoms with Gasteiger partial charge >= 0.3 is 0 Å². The van der Waals surface area contributed by atoms with E-state index in [-0.39, 0.29) is 0 Å². The van der Waals surface area contributed by atoms with Gasteiger partial charge in [0.15, 0.2) is 0 Å². The van der Waals surface area contributed by atoms with Crippen LogP contribution < -0.4 is 9.80 Å². The van der Waals surface area contributed by atoms with Crippen molar-refractivity contribution in [2.75, 3.05) is 9.80 Å². The van der Waals surface area contributed by atoms with E-state index in [4.69, 9.17) is 9.97 Å². The molecule has 0 radical (unpaired) electrons. The van der Waals surface area contributed by atoms with E-state index in [0.717, 1.165) is 62.5 Å². The molecule has 336 valence electrons. The van der Waals surface area contributed by atoms with Crippen LogP contribution in [0.4, 0.5) is 34.1 Å². The Hall–Kier alpha value is -9.12. The van der Waals surface area contributed by atoms with Crippen LogP contribution >= 0.6 is 0 Å². The van der Waals surface area contributed by atoms with Gasteiger partial charge in [0, 0.05) is 22.5 Å². The lowest BCUT2D eigenvalue weighted by atomic mass is 9.62. The zero-order valence-corrected chi connectivity index (χ0v) is 39.3. The molecular weight excluding hydrogens is 861 g/mol. The molecule has 0 unspecified atom stereocenters. The summed E-state index contributed by atoms with van der Waals surface area (Å²) in [4.78, 5) is 14.8. The lowest BCUT2D eigenvalue weighted by Gasteiger charge is -2.46. The number of aryl methyl sites for hydroxylation is 1. The number of hydrogen-bond acceptors (Lipinski definition) is 4. The van der Waals surface area contributed by atoms with Crippen LogP contribution in [-0.2, 0) is 10.8 Å². The highest BCUT2D eigenvalue weighted by molar-refractivity contribution is 5.91. The van der Waals surface area contributed by atoms with Crippen molar-refractivity contribution in [3.05, 3.63) is 323 Å². The fourth-order valence-corrected chi connectivity index (χ4v) is 11.8. The van der Waals surface area contributed by atoms with Gasteiger partial charge in [0.1, 0.15) is 5.82 Å². The molecule has 11 aromatic rings. The summed E-state index contributed by atoms with van der Waals surface area (Å²) >= 11 is 0. The Morgan fingerprint density at radius 1 is 0.282 bits per heavy atom. The third kappa shape index (κ3) is 6.60. The fourth-order valence-electron chi connectivity index (χ4n) is 11.8. The summed E-state index contributed by atoms with van der Waals surface area (Å²) in [5, 5.41) is 0. The van der Waals surface area contributed by atoms with Gasteiger partial charge in [-0.15, -0.1) is 0 Å². The average molecular weight is 909 g/mol. The van der Waals surface area contributed by atoms with Crippen LogP contribution in [0, 0.1) is 6.92 Å². The highest BCUT2D eigenvalue weighted by Crippen LogP contribution is 2.59. The molecule has 0 saturated carbocycles. The summed E-state index contributed by atoms with van der Waals surface area (Å²) in [6.45, 7) is 1.98. The number of aromatic nitrogens is 2. The van der Waals surface area contributed by atoms with Crippen LogP contribution in [0.5, 0.6) is 0 Å². The van der Waals surface area contributed by atoms with E-state index >= 15 is 0 Å². The van der Waals surface area contributed by atoms with E-state index < -0.39 is 10.8 Å². The number of fused-ring (bicyclic) bond motifs is 4. The molecule has 3 heterocycles. The number of anilines is 6. The molecule has 0 spiro atoms. The van der Waals surface area contributed by atoms with E-state index in [2.05, 4.69) is 283 Å². The largest absolute Gasteiger partial charge is 0.310 e. The van der Waals surface area contributed by atoms with Crippen molar-refractivity contribution in [1.82, 2.24) is 9.97 Å². The molecule has 0 fully saturated rings. The van der Waals surface area contributed by atoms with Crippen LogP contribution in [0.1, 0.15) is 50.3 Å². The predicted molar refractivity (Wildman–Crippen MR) is 291 cm³/mol. The Morgan fingerprint density at radius 2 is 0.535 bits per heavy atom. The smallest absolute Gasteiger partial charge is 0.126 e. The summed E-state index contributed by atoms with van der Waals surface area (Å²) in [7, 11) is 0. The van der Waals surface area contributed by atoms with Gasteiger partial charge in [-0.2, -0.15) is 0 Å². The van der Waals surface area contributed by atoms with E-state index in [1.165, 1.54) is 44.5 Å². The molecule has 2 aliphatic rings. The first-order valence-corrected chi connectivity index (χ1v) is 24.4. The van der Waals surface area contributed by atoms with Crippen molar-refractivity contribution in [1.29, 1.82) is 0 Å². The molecule has 4 heteroatoms. The number of hydrogen-bond donors (Lipinski definition) is 0. The lowest BCUT2D eigenvalue weighted by molar-refractivity contribution is 0.731. The summed E-state index contributed by atoms with van der Waals surface area (Å²) in [6, 6.07) is 99.2. The van der Waals surface area contributed by atoms with Crippen LogP contribution in [0.3, 0.4) is 0 Å². The quantitative estimate of drug-likeness (QED) is 0.152. The maximum Gasteiger partial charge on any atom is 0.126 e. The molecule has 2 aliphatic heterocycles. The fraction of sp³-hybridized carbons (Fsp3) is 0.0448. The minimum absolute atomic E-state index is 0.515. The molecular formula is C67H48N4. The molecule has 13 rings (SSSR count). The first-order chi connectivity index (χ1) is 35.1. The number of nitrogens with zero attached hydrogens (tertiary/aromatic N) is 4. The maximum absolute atomic E-state index is 5.00. The molecule has 10 aromatic carbocycles. The van der Waals surface area contributed by atoms with Gasteiger partial charge < -0.3 is 9.80 Å². The van der Waals surface area contributed by atoms with Crippen molar-refractivity contribution >= 4 is 34.1 Å². The van der Waals surface area contributed by atoms with E-state index in [1.807, 2.05) is 6.92 Å². The first kappa shape index (κ1) is 42.0. The monoisotopic (exact) mass is 908 g/mol. The minimum Gasteiger partial charge on any atom is -0.310 e. The third-order valence-corrected chi connectivity index (χ3v) is 14.7. The third-order valence-electron chi connectivity index (χ3n) is 14.7. The second-order valence-corrected chi connectivity index (χ2v) is 18.5. The van der Waals surface area contributed by atoms with Crippen LogP contribution in [0.25, 0.3) is 22.5 Å². The van der Waals surface area contributed by atoms with Crippen molar-refractivity contribution in [3.63, 3.8) is 0 Å². The summed E-state index contributed by atoms with van der Waals surface area (Å²) in [5.74, 6) is 0.722. The number of benzene rings is 10. The Bertz CT molecular complexity index is 3280. The van der Waals surface area contributed by atoms with Gasteiger partial charge in [0.05, 0.1) is 45.0 Å². The van der Waals surface area contributed by atoms with Gasteiger partial charge in [-0.1, -0.05) is 218 Å². The standard InChI is InChI=1S/C67H48N4/c1-47-68-60(48-38-42-54(43-39-48)70-62-34-18-14-30-56(62)66(50-22-6-2-7-23-50,51-24-8-3-9-25-51)57-31-15-19-35-63(57)70)46-61(69-47)49-40-44-55(45-41-49)71-64-36-20-16-32-58(64)67(52-26-10-4-11-27-52,53-28-12-5-13-29-53)59-33-17-21-37-65(59)71/h2-46H,1H3. The minimum atomic E-state index is -0.515. The predicted octanol–water partition coefficient (Wildman–Crippen LogP) is 16.5.